The molecule has 0 aliphatic heterocycles. The minimum atomic E-state index is 0.122. The van der Waals surface area contributed by atoms with Gasteiger partial charge in [-0.1, -0.05) is 29.3 Å². The topological polar surface area (TPSA) is 20.7 Å². The first-order valence-corrected chi connectivity index (χ1v) is 7.70. The van der Waals surface area contributed by atoms with Crippen molar-refractivity contribution in [3.05, 3.63) is 49.3 Å². The average Bonchev–Trinajstić information content (AvgIpc) is 2.93. The Balaban J connectivity index is 2.23. The smallest absolute Gasteiger partial charge is 0.178 e. The van der Waals surface area contributed by atoms with Crippen molar-refractivity contribution >= 4 is 57.8 Å². The first kappa shape index (κ1) is 13.2. The minimum absolute atomic E-state index is 0.122. The van der Waals surface area contributed by atoms with Crippen LogP contribution in [0.15, 0.2) is 30.3 Å². The van der Waals surface area contributed by atoms with Crippen LogP contribution in [0.1, 0.15) is 17.8 Å². The monoisotopic (exact) mass is 328 g/mol. The number of halogens is 2. The molecule has 2 heterocycles. The summed E-state index contributed by atoms with van der Waals surface area (Å²) in [4.78, 5) is 4.34. The van der Waals surface area contributed by atoms with Gasteiger partial charge in [-0.15, -0.1) is 11.3 Å². The third-order valence-electron chi connectivity index (χ3n) is 3.09. The van der Waals surface area contributed by atoms with Crippen molar-refractivity contribution in [3.8, 4) is 0 Å². The summed E-state index contributed by atoms with van der Waals surface area (Å²) in [5.41, 5.74) is 1.89. The molecular formula is C13H10Cl2N2S2. The molecule has 1 unspecified atom stereocenters. The van der Waals surface area contributed by atoms with Crippen LogP contribution in [0.3, 0.4) is 0 Å². The predicted molar refractivity (Wildman–Crippen MR) is 85.3 cm³/mol. The van der Waals surface area contributed by atoms with Crippen molar-refractivity contribution in [2.45, 2.75) is 13.0 Å². The SMILES string of the molecule is CC(c1ccc(Cl)s1)n1c(=S)[nH]c2c(Cl)cccc21. The van der Waals surface area contributed by atoms with Crippen LogP contribution in [0.25, 0.3) is 11.0 Å². The summed E-state index contributed by atoms with van der Waals surface area (Å²) >= 11 is 19.2. The number of aromatic nitrogens is 2. The van der Waals surface area contributed by atoms with Gasteiger partial charge in [0.05, 0.1) is 26.4 Å². The molecule has 0 aliphatic rings. The highest BCUT2D eigenvalue weighted by molar-refractivity contribution is 7.71. The van der Waals surface area contributed by atoms with Crippen LogP contribution < -0.4 is 0 Å². The van der Waals surface area contributed by atoms with Gasteiger partial charge in [-0.3, -0.25) is 0 Å². The summed E-state index contributed by atoms with van der Waals surface area (Å²) in [6.07, 6.45) is 0. The number of fused-ring (bicyclic) bond motifs is 1. The van der Waals surface area contributed by atoms with E-state index in [0.717, 1.165) is 15.4 Å². The summed E-state index contributed by atoms with van der Waals surface area (Å²) in [6, 6.07) is 9.85. The van der Waals surface area contributed by atoms with Crippen molar-refractivity contribution in [1.29, 1.82) is 0 Å². The Kier molecular flexibility index (Phi) is 3.43. The van der Waals surface area contributed by atoms with Crippen molar-refractivity contribution in [3.63, 3.8) is 0 Å². The second kappa shape index (κ2) is 4.94. The lowest BCUT2D eigenvalue weighted by molar-refractivity contribution is 0.661. The van der Waals surface area contributed by atoms with Crippen LogP contribution in [-0.2, 0) is 0 Å². The summed E-state index contributed by atoms with van der Waals surface area (Å²) in [5, 5.41) is 0.679. The van der Waals surface area contributed by atoms with E-state index in [9.17, 15) is 0 Å². The van der Waals surface area contributed by atoms with Gasteiger partial charge in [-0.2, -0.15) is 0 Å². The van der Waals surface area contributed by atoms with Gasteiger partial charge in [-0.05, 0) is 43.4 Å². The van der Waals surface area contributed by atoms with Gasteiger partial charge >= 0.3 is 0 Å². The van der Waals surface area contributed by atoms with E-state index < -0.39 is 0 Å². The van der Waals surface area contributed by atoms with Crippen LogP contribution in [0, 0.1) is 4.77 Å². The molecule has 0 spiro atoms. The molecule has 1 aromatic carbocycles. The quantitative estimate of drug-likeness (QED) is 0.600. The highest BCUT2D eigenvalue weighted by Crippen LogP contribution is 2.32. The standard InChI is InChI=1S/C13H10Cl2N2S2/c1-7(10-5-6-11(15)19-10)17-9-4-2-3-8(14)12(9)16-13(17)18/h2-7H,1H3,(H,16,18). The van der Waals surface area contributed by atoms with Gasteiger partial charge in [0.2, 0.25) is 0 Å². The number of nitrogens with zero attached hydrogens (tertiary/aromatic N) is 1. The van der Waals surface area contributed by atoms with E-state index in [4.69, 9.17) is 35.4 Å². The molecule has 2 nitrogen and oxygen atoms in total. The molecule has 0 saturated carbocycles. The summed E-state index contributed by atoms with van der Waals surface area (Å²) in [6.45, 7) is 2.10. The molecule has 0 amide bonds. The highest BCUT2D eigenvalue weighted by Gasteiger charge is 2.15. The Morgan fingerprint density at radius 1 is 1.26 bits per heavy atom. The molecule has 1 N–H and O–H groups in total. The lowest BCUT2D eigenvalue weighted by atomic mass is 10.2. The molecule has 6 heteroatoms. The highest BCUT2D eigenvalue weighted by atomic mass is 35.5. The number of hydrogen-bond donors (Lipinski definition) is 1. The Labute approximate surface area is 129 Å². The molecule has 0 fully saturated rings. The number of rotatable bonds is 2. The zero-order valence-corrected chi connectivity index (χ0v) is 13.1. The molecule has 0 radical (unpaired) electrons. The van der Waals surface area contributed by atoms with Crippen molar-refractivity contribution in [2.24, 2.45) is 0 Å². The Bertz CT molecular complexity index is 800. The van der Waals surface area contributed by atoms with Gasteiger partial charge in [0.15, 0.2) is 4.77 Å². The second-order valence-corrected chi connectivity index (χ2v) is 6.79. The zero-order valence-electron chi connectivity index (χ0n) is 9.98. The normalized spacial score (nSPS) is 13.0. The second-order valence-electron chi connectivity index (χ2n) is 4.25. The van der Waals surface area contributed by atoms with E-state index in [0.29, 0.717) is 9.79 Å². The van der Waals surface area contributed by atoms with Crippen LogP contribution in [0.5, 0.6) is 0 Å². The van der Waals surface area contributed by atoms with E-state index >= 15 is 0 Å². The van der Waals surface area contributed by atoms with Gasteiger partial charge in [0.1, 0.15) is 0 Å². The minimum Gasteiger partial charge on any atom is -0.329 e. The van der Waals surface area contributed by atoms with Gasteiger partial charge in [0, 0.05) is 4.88 Å². The molecule has 98 valence electrons. The molecule has 1 atom stereocenters. The van der Waals surface area contributed by atoms with E-state index in [1.54, 1.807) is 11.3 Å². The van der Waals surface area contributed by atoms with Crippen LogP contribution in [0.4, 0.5) is 0 Å². The number of nitrogens with one attached hydrogen (secondary N) is 1. The number of thiophene rings is 1. The molecule has 0 aliphatic carbocycles. The van der Waals surface area contributed by atoms with E-state index in [-0.39, 0.29) is 6.04 Å². The van der Waals surface area contributed by atoms with Crippen LogP contribution >= 0.6 is 46.8 Å². The number of benzene rings is 1. The average molecular weight is 329 g/mol. The molecule has 0 saturated heterocycles. The number of aromatic amines is 1. The molecule has 3 rings (SSSR count). The number of imidazole rings is 1. The fourth-order valence-corrected chi connectivity index (χ4v) is 3.86. The van der Waals surface area contributed by atoms with Crippen molar-refractivity contribution in [2.75, 3.05) is 0 Å². The van der Waals surface area contributed by atoms with Gasteiger partial charge in [-0.25, -0.2) is 0 Å². The fraction of sp³-hybridized carbons (Fsp3) is 0.154. The fourth-order valence-electron chi connectivity index (χ4n) is 2.18. The van der Waals surface area contributed by atoms with Crippen molar-refractivity contribution in [1.82, 2.24) is 9.55 Å². The molecule has 19 heavy (non-hydrogen) atoms. The van der Waals surface area contributed by atoms with E-state index in [1.165, 1.54) is 4.88 Å². The molecule has 2 aromatic heterocycles. The largest absolute Gasteiger partial charge is 0.329 e. The van der Waals surface area contributed by atoms with Crippen LogP contribution in [-0.4, -0.2) is 9.55 Å². The Morgan fingerprint density at radius 3 is 2.74 bits per heavy atom. The number of para-hydroxylation sites is 1. The molecule has 3 aromatic rings. The maximum Gasteiger partial charge on any atom is 0.178 e. The summed E-state index contributed by atoms with van der Waals surface area (Å²) < 4.78 is 3.52. The molecular weight excluding hydrogens is 319 g/mol. The number of hydrogen-bond acceptors (Lipinski definition) is 2. The van der Waals surface area contributed by atoms with Gasteiger partial charge < -0.3 is 9.55 Å². The number of H-pyrrole nitrogens is 1. The zero-order chi connectivity index (χ0) is 13.6. The predicted octanol–water partition coefficient (Wildman–Crippen LogP) is 5.68. The third kappa shape index (κ3) is 2.23. The Hall–Kier alpha value is -0.810. The van der Waals surface area contributed by atoms with Crippen LogP contribution in [0.2, 0.25) is 9.36 Å². The van der Waals surface area contributed by atoms with Crippen molar-refractivity contribution < 1.29 is 0 Å². The lowest BCUT2D eigenvalue weighted by Gasteiger charge is -2.12. The van der Waals surface area contributed by atoms with Gasteiger partial charge in [0.25, 0.3) is 0 Å². The molecule has 0 bridgehead atoms. The third-order valence-corrected chi connectivity index (χ3v) is 5.11. The first-order valence-electron chi connectivity index (χ1n) is 5.72. The first-order chi connectivity index (χ1) is 9.08. The lowest BCUT2D eigenvalue weighted by Crippen LogP contribution is -2.04. The Morgan fingerprint density at radius 2 is 2.05 bits per heavy atom. The maximum absolute atomic E-state index is 6.19. The van der Waals surface area contributed by atoms with E-state index in [2.05, 4.69) is 16.5 Å². The summed E-state index contributed by atoms with van der Waals surface area (Å²) in [7, 11) is 0. The maximum atomic E-state index is 6.19. The van der Waals surface area contributed by atoms with E-state index in [1.807, 2.05) is 30.3 Å². The summed E-state index contributed by atoms with van der Waals surface area (Å²) in [5.74, 6) is 0.